The summed E-state index contributed by atoms with van der Waals surface area (Å²) >= 11 is 0. The fourth-order valence-corrected chi connectivity index (χ4v) is 5.61. The quantitative estimate of drug-likeness (QED) is 0.750. The van der Waals surface area contributed by atoms with Gasteiger partial charge in [0.2, 0.25) is 0 Å². The highest BCUT2D eigenvalue weighted by molar-refractivity contribution is 7.91. The minimum Gasteiger partial charge on any atom is -0.493 e. The van der Waals surface area contributed by atoms with Crippen LogP contribution in [0.3, 0.4) is 0 Å². The molecule has 1 aromatic carbocycles. The zero-order valence-electron chi connectivity index (χ0n) is 15.4. The number of amides is 1. The van der Waals surface area contributed by atoms with Gasteiger partial charge in [-0.05, 0) is 25.1 Å². The molecule has 1 atom stereocenters. The third-order valence-corrected chi connectivity index (χ3v) is 6.98. The van der Waals surface area contributed by atoms with E-state index in [0.717, 1.165) is 19.5 Å². The lowest BCUT2D eigenvalue weighted by atomic mass is 10.1. The van der Waals surface area contributed by atoms with Crippen LogP contribution in [-0.4, -0.2) is 76.7 Å². The van der Waals surface area contributed by atoms with Crippen LogP contribution in [0.2, 0.25) is 0 Å². The van der Waals surface area contributed by atoms with Crippen molar-refractivity contribution in [2.75, 3.05) is 51.4 Å². The van der Waals surface area contributed by atoms with Crippen molar-refractivity contribution in [3.8, 4) is 11.5 Å². The minimum atomic E-state index is -2.86. The Labute approximate surface area is 154 Å². The van der Waals surface area contributed by atoms with Crippen LogP contribution < -0.4 is 14.4 Å². The van der Waals surface area contributed by atoms with Gasteiger partial charge in [0.15, 0.2) is 21.3 Å². The number of sulfone groups is 1. The molecule has 2 aliphatic rings. The van der Waals surface area contributed by atoms with E-state index >= 15 is 0 Å². The standard InChI is InChI=1S/C18H26N2O5S/c1-3-25-16-5-4-14(12-17(16)24-2)18(21)20-9-7-19(8-10-20)15-6-11-26(22,23)13-15/h4-5,12,15H,3,6-11,13H2,1-2H3/p+1/t15-/m1/s1. The number of carbonyl (C=O) groups excluding carboxylic acids is 1. The van der Waals surface area contributed by atoms with E-state index in [1.165, 1.54) is 4.90 Å². The summed E-state index contributed by atoms with van der Waals surface area (Å²) in [6.45, 7) is 5.29. The molecule has 0 aliphatic carbocycles. The second kappa shape index (κ2) is 7.84. The predicted molar refractivity (Wildman–Crippen MR) is 97.8 cm³/mol. The van der Waals surface area contributed by atoms with Gasteiger partial charge in [0.05, 0.1) is 45.6 Å². The van der Waals surface area contributed by atoms with Gasteiger partial charge in [-0.3, -0.25) is 4.79 Å². The molecule has 0 unspecified atom stereocenters. The van der Waals surface area contributed by atoms with Crippen LogP contribution in [0.25, 0.3) is 0 Å². The van der Waals surface area contributed by atoms with Crippen molar-refractivity contribution in [2.24, 2.45) is 0 Å². The second-order valence-electron chi connectivity index (χ2n) is 6.85. The number of quaternary nitrogens is 1. The topological polar surface area (TPSA) is 77.4 Å². The molecule has 0 spiro atoms. The van der Waals surface area contributed by atoms with E-state index in [9.17, 15) is 13.2 Å². The van der Waals surface area contributed by atoms with E-state index < -0.39 is 9.84 Å². The number of nitrogens with zero attached hydrogens (tertiary/aromatic N) is 1. The summed E-state index contributed by atoms with van der Waals surface area (Å²) in [7, 11) is -1.30. The SMILES string of the molecule is CCOc1ccc(C(=O)N2CC[NH+]([C@@H]3CCS(=O)(=O)C3)CC2)cc1OC. The average molecular weight is 383 g/mol. The second-order valence-corrected chi connectivity index (χ2v) is 9.08. The molecule has 1 amide bonds. The van der Waals surface area contributed by atoms with Crippen LogP contribution in [-0.2, 0) is 9.84 Å². The molecule has 2 fully saturated rings. The smallest absolute Gasteiger partial charge is 0.254 e. The van der Waals surface area contributed by atoms with Gasteiger partial charge in [0, 0.05) is 12.0 Å². The normalized spacial score (nSPS) is 23.0. The lowest BCUT2D eigenvalue weighted by Gasteiger charge is -2.35. The molecule has 2 aliphatic heterocycles. The molecule has 2 heterocycles. The van der Waals surface area contributed by atoms with Crippen molar-refractivity contribution in [2.45, 2.75) is 19.4 Å². The number of carbonyl (C=O) groups is 1. The largest absolute Gasteiger partial charge is 0.493 e. The molecular formula is C18H27N2O5S+. The number of hydrogen-bond donors (Lipinski definition) is 1. The summed E-state index contributed by atoms with van der Waals surface area (Å²) in [6.07, 6.45) is 0.738. The van der Waals surface area contributed by atoms with Crippen molar-refractivity contribution in [3.05, 3.63) is 23.8 Å². The summed E-state index contributed by atoms with van der Waals surface area (Å²) < 4.78 is 34.2. The van der Waals surface area contributed by atoms with E-state index in [1.54, 1.807) is 25.3 Å². The first kappa shape index (κ1) is 19.0. The van der Waals surface area contributed by atoms with Gasteiger partial charge in [0.1, 0.15) is 11.8 Å². The highest BCUT2D eigenvalue weighted by atomic mass is 32.2. The summed E-state index contributed by atoms with van der Waals surface area (Å²) in [6, 6.07) is 5.43. The van der Waals surface area contributed by atoms with Gasteiger partial charge in [-0.2, -0.15) is 0 Å². The Balaban J connectivity index is 1.62. The molecule has 0 saturated carbocycles. The Morgan fingerprint density at radius 2 is 2.00 bits per heavy atom. The number of rotatable bonds is 5. The Morgan fingerprint density at radius 3 is 2.58 bits per heavy atom. The molecule has 3 rings (SSSR count). The van der Waals surface area contributed by atoms with Crippen LogP contribution in [0.1, 0.15) is 23.7 Å². The Hall–Kier alpha value is -1.80. The molecule has 1 N–H and O–H groups in total. The van der Waals surface area contributed by atoms with Crippen molar-refractivity contribution >= 4 is 15.7 Å². The number of methoxy groups -OCH3 is 1. The van der Waals surface area contributed by atoms with E-state index in [1.807, 2.05) is 11.8 Å². The van der Waals surface area contributed by atoms with Gasteiger partial charge in [0.25, 0.3) is 5.91 Å². The fourth-order valence-electron chi connectivity index (χ4n) is 3.78. The lowest BCUT2D eigenvalue weighted by molar-refractivity contribution is -0.925. The molecule has 2 saturated heterocycles. The lowest BCUT2D eigenvalue weighted by Crippen LogP contribution is -3.18. The number of hydrogen-bond acceptors (Lipinski definition) is 5. The monoisotopic (exact) mass is 383 g/mol. The van der Waals surface area contributed by atoms with Crippen LogP contribution >= 0.6 is 0 Å². The highest BCUT2D eigenvalue weighted by Gasteiger charge is 2.37. The molecule has 0 radical (unpaired) electrons. The molecule has 26 heavy (non-hydrogen) atoms. The Morgan fingerprint density at radius 1 is 1.27 bits per heavy atom. The molecule has 8 heteroatoms. The molecule has 144 valence electrons. The maximum Gasteiger partial charge on any atom is 0.254 e. The van der Waals surface area contributed by atoms with E-state index in [0.29, 0.717) is 42.5 Å². The van der Waals surface area contributed by atoms with Gasteiger partial charge < -0.3 is 19.3 Å². The summed E-state index contributed by atoms with van der Waals surface area (Å²) in [5, 5.41) is 0. The first-order chi connectivity index (χ1) is 12.4. The van der Waals surface area contributed by atoms with Crippen molar-refractivity contribution in [1.82, 2.24) is 4.90 Å². The van der Waals surface area contributed by atoms with Gasteiger partial charge in [-0.25, -0.2) is 8.42 Å². The Bertz CT molecular complexity index is 757. The fraction of sp³-hybridized carbons (Fsp3) is 0.611. The minimum absolute atomic E-state index is 0.0237. The molecular weight excluding hydrogens is 356 g/mol. The third kappa shape index (κ3) is 4.12. The first-order valence-electron chi connectivity index (χ1n) is 9.08. The van der Waals surface area contributed by atoms with Gasteiger partial charge in [-0.1, -0.05) is 0 Å². The third-order valence-electron chi connectivity index (χ3n) is 5.21. The van der Waals surface area contributed by atoms with Gasteiger partial charge >= 0.3 is 0 Å². The van der Waals surface area contributed by atoms with E-state index in [-0.39, 0.29) is 17.7 Å². The molecule has 7 nitrogen and oxygen atoms in total. The Kier molecular flexibility index (Phi) is 5.72. The number of nitrogens with one attached hydrogen (secondary N) is 1. The number of benzene rings is 1. The van der Waals surface area contributed by atoms with Crippen LogP contribution in [0.4, 0.5) is 0 Å². The van der Waals surface area contributed by atoms with Crippen molar-refractivity contribution < 1.29 is 27.6 Å². The van der Waals surface area contributed by atoms with Crippen LogP contribution in [0.5, 0.6) is 11.5 Å². The molecule has 0 bridgehead atoms. The highest BCUT2D eigenvalue weighted by Crippen LogP contribution is 2.28. The number of ether oxygens (including phenoxy) is 2. The van der Waals surface area contributed by atoms with Crippen molar-refractivity contribution in [1.29, 1.82) is 0 Å². The zero-order valence-corrected chi connectivity index (χ0v) is 16.2. The van der Waals surface area contributed by atoms with Crippen LogP contribution in [0, 0.1) is 0 Å². The number of piperazine rings is 1. The molecule has 0 aromatic heterocycles. The summed E-state index contributed by atoms with van der Waals surface area (Å²) in [4.78, 5) is 15.9. The van der Waals surface area contributed by atoms with E-state index in [2.05, 4.69) is 0 Å². The zero-order chi connectivity index (χ0) is 18.7. The van der Waals surface area contributed by atoms with Gasteiger partial charge in [-0.15, -0.1) is 0 Å². The first-order valence-corrected chi connectivity index (χ1v) is 10.9. The maximum absolute atomic E-state index is 12.8. The van der Waals surface area contributed by atoms with E-state index in [4.69, 9.17) is 9.47 Å². The average Bonchev–Trinajstić information content (AvgIpc) is 3.01. The summed E-state index contributed by atoms with van der Waals surface area (Å²) in [5.74, 6) is 1.74. The van der Waals surface area contributed by atoms with Crippen molar-refractivity contribution in [3.63, 3.8) is 0 Å². The predicted octanol–water partition coefficient (Wildman–Crippen LogP) is -0.378. The maximum atomic E-state index is 12.8. The van der Waals surface area contributed by atoms with Crippen LogP contribution in [0.15, 0.2) is 18.2 Å². The summed E-state index contributed by atoms with van der Waals surface area (Å²) in [5.41, 5.74) is 0.581. The molecule has 1 aromatic rings.